The molecule has 2 unspecified atom stereocenters. The third kappa shape index (κ3) is 3.44. The van der Waals surface area contributed by atoms with Crippen LogP contribution in [0.5, 0.6) is 0 Å². The van der Waals surface area contributed by atoms with Crippen molar-refractivity contribution in [3.8, 4) is 0 Å². The molecule has 1 saturated heterocycles. The molecular weight excluding hydrogens is 188 g/mol. The highest BCUT2D eigenvalue weighted by molar-refractivity contribution is 4.87. The number of piperidine rings is 1. The molecule has 2 atom stereocenters. The van der Waals surface area contributed by atoms with Gasteiger partial charge in [-0.1, -0.05) is 13.3 Å². The van der Waals surface area contributed by atoms with Crippen molar-refractivity contribution in [1.82, 2.24) is 4.90 Å². The highest BCUT2D eigenvalue weighted by Gasteiger charge is 2.33. The summed E-state index contributed by atoms with van der Waals surface area (Å²) in [6.45, 7) is 7.42. The normalized spacial score (nSPS) is 30.4. The zero-order valence-electron chi connectivity index (χ0n) is 10.5. The van der Waals surface area contributed by atoms with Gasteiger partial charge in [-0.15, -0.1) is 0 Å². The van der Waals surface area contributed by atoms with E-state index >= 15 is 0 Å². The molecule has 1 rings (SSSR count). The fourth-order valence-corrected chi connectivity index (χ4v) is 2.50. The summed E-state index contributed by atoms with van der Waals surface area (Å²) < 4.78 is 5.60. The Hall–Kier alpha value is -0.120. The van der Waals surface area contributed by atoms with Crippen molar-refractivity contribution in [1.29, 1.82) is 0 Å². The van der Waals surface area contributed by atoms with Gasteiger partial charge in [0.05, 0.1) is 5.60 Å². The lowest BCUT2D eigenvalue weighted by atomic mass is 9.93. The number of nitrogens with zero attached hydrogens (tertiary/aromatic N) is 1. The summed E-state index contributed by atoms with van der Waals surface area (Å²) >= 11 is 0. The van der Waals surface area contributed by atoms with Crippen LogP contribution in [0.15, 0.2) is 0 Å². The Kier molecular flexibility index (Phi) is 5.03. The molecule has 15 heavy (non-hydrogen) atoms. The van der Waals surface area contributed by atoms with Gasteiger partial charge in [0.25, 0.3) is 0 Å². The smallest absolute Gasteiger partial charge is 0.0777 e. The van der Waals surface area contributed by atoms with Crippen molar-refractivity contribution in [3.05, 3.63) is 0 Å². The monoisotopic (exact) mass is 214 g/mol. The van der Waals surface area contributed by atoms with Crippen LogP contribution >= 0.6 is 0 Å². The first-order valence-electron chi connectivity index (χ1n) is 6.14. The molecule has 0 aromatic carbocycles. The van der Waals surface area contributed by atoms with E-state index in [0.29, 0.717) is 6.04 Å². The first-order valence-corrected chi connectivity index (χ1v) is 6.14. The quantitative estimate of drug-likeness (QED) is 0.755. The zero-order chi connectivity index (χ0) is 11.3. The van der Waals surface area contributed by atoms with Crippen LogP contribution in [-0.4, -0.2) is 43.3 Å². The standard InChI is InChI=1S/C12H26N2O/c1-4-6-11(9-13)14-8-5-7-12(2,10-14)15-3/h11H,4-10,13H2,1-3H3. The number of rotatable bonds is 5. The number of likely N-dealkylation sites (tertiary alicyclic amines) is 1. The van der Waals surface area contributed by atoms with Crippen LogP contribution in [0.4, 0.5) is 0 Å². The van der Waals surface area contributed by atoms with Gasteiger partial charge in [-0.2, -0.15) is 0 Å². The van der Waals surface area contributed by atoms with Crippen molar-refractivity contribution in [3.63, 3.8) is 0 Å². The molecular formula is C12H26N2O. The molecule has 0 aromatic heterocycles. The minimum absolute atomic E-state index is 0.0411. The maximum absolute atomic E-state index is 5.84. The second kappa shape index (κ2) is 5.83. The Bertz CT molecular complexity index is 186. The van der Waals surface area contributed by atoms with Crippen LogP contribution < -0.4 is 5.73 Å². The van der Waals surface area contributed by atoms with Crippen LogP contribution in [0, 0.1) is 0 Å². The van der Waals surface area contributed by atoms with Gasteiger partial charge in [0, 0.05) is 26.2 Å². The second-order valence-corrected chi connectivity index (χ2v) is 4.91. The lowest BCUT2D eigenvalue weighted by Crippen LogP contribution is -2.53. The summed E-state index contributed by atoms with van der Waals surface area (Å²) in [7, 11) is 1.82. The molecule has 0 aromatic rings. The molecule has 1 fully saturated rings. The van der Waals surface area contributed by atoms with Gasteiger partial charge in [0.2, 0.25) is 0 Å². The molecule has 3 heteroatoms. The predicted octanol–water partition coefficient (Wildman–Crippen LogP) is 1.61. The van der Waals surface area contributed by atoms with E-state index in [0.717, 1.165) is 13.1 Å². The van der Waals surface area contributed by atoms with Crippen LogP contribution in [-0.2, 0) is 4.74 Å². The van der Waals surface area contributed by atoms with Crippen LogP contribution in [0.1, 0.15) is 39.5 Å². The third-order valence-corrected chi connectivity index (χ3v) is 3.59. The highest BCUT2D eigenvalue weighted by atomic mass is 16.5. The number of methoxy groups -OCH3 is 1. The second-order valence-electron chi connectivity index (χ2n) is 4.91. The van der Waals surface area contributed by atoms with Crippen molar-refractivity contribution >= 4 is 0 Å². The Labute approximate surface area is 94.0 Å². The van der Waals surface area contributed by atoms with E-state index in [9.17, 15) is 0 Å². The van der Waals surface area contributed by atoms with Gasteiger partial charge in [0.1, 0.15) is 0 Å². The van der Waals surface area contributed by atoms with Gasteiger partial charge >= 0.3 is 0 Å². The molecule has 2 N–H and O–H groups in total. The van der Waals surface area contributed by atoms with E-state index in [4.69, 9.17) is 10.5 Å². The van der Waals surface area contributed by atoms with E-state index in [1.165, 1.54) is 32.2 Å². The van der Waals surface area contributed by atoms with Gasteiger partial charge in [-0.25, -0.2) is 0 Å². The zero-order valence-corrected chi connectivity index (χ0v) is 10.5. The minimum Gasteiger partial charge on any atom is -0.377 e. The summed E-state index contributed by atoms with van der Waals surface area (Å²) in [5, 5.41) is 0. The lowest BCUT2D eigenvalue weighted by molar-refractivity contribution is -0.0611. The Morgan fingerprint density at radius 1 is 1.53 bits per heavy atom. The van der Waals surface area contributed by atoms with Crippen LogP contribution in [0.25, 0.3) is 0 Å². The van der Waals surface area contributed by atoms with Gasteiger partial charge in [-0.05, 0) is 32.7 Å². The summed E-state index contributed by atoms with van der Waals surface area (Å²) in [5.74, 6) is 0. The van der Waals surface area contributed by atoms with E-state index in [-0.39, 0.29) is 5.60 Å². The Morgan fingerprint density at radius 2 is 2.27 bits per heavy atom. The van der Waals surface area contributed by atoms with Gasteiger partial charge in [0.15, 0.2) is 0 Å². The summed E-state index contributed by atoms with van der Waals surface area (Å²) in [6.07, 6.45) is 4.81. The minimum atomic E-state index is 0.0411. The number of hydrogen-bond donors (Lipinski definition) is 1. The third-order valence-electron chi connectivity index (χ3n) is 3.59. The van der Waals surface area contributed by atoms with Crippen molar-refractivity contribution in [2.24, 2.45) is 5.73 Å². The summed E-state index contributed by atoms with van der Waals surface area (Å²) in [5.41, 5.74) is 5.88. The largest absolute Gasteiger partial charge is 0.377 e. The topological polar surface area (TPSA) is 38.5 Å². The number of nitrogens with two attached hydrogens (primary N) is 1. The molecule has 3 nitrogen and oxygen atoms in total. The molecule has 90 valence electrons. The summed E-state index contributed by atoms with van der Waals surface area (Å²) in [6, 6.07) is 0.546. The van der Waals surface area contributed by atoms with E-state index < -0.39 is 0 Å². The number of hydrogen-bond acceptors (Lipinski definition) is 3. The molecule has 1 heterocycles. The molecule has 0 amide bonds. The molecule has 0 saturated carbocycles. The van der Waals surface area contributed by atoms with Crippen molar-refractivity contribution in [2.75, 3.05) is 26.7 Å². The molecule has 1 aliphatic rings. The van der Waals surface area contributed by atoms with E-state index in [2.05, 4.69) is 18.7 Å². The van der Waals surface area contributed by atoms with Crippen molar-refractivity contribution < 1.29 is 4.74 Å². The van der Waals surface area contributed by atoms with Crippen LogP contribution in [0.2, 0.25) is 0 Å². The summed E-state index contributed by atoms with van der Waals surface area (Å²) in [4.78, 5) is 2.51. The highest BCUT2D eigenvalue weighted by Crippen LogP contribution is 2.25. The molecule has 0 aliphatic carbocycles. The Morgan fingerprint density at radius 3 is 2.80 bits per heavy atom. The maximum Gasteiger partial charge on any atom is 0.0777 e. The van der Waals surface area contributed by atoms with E-state index in [1.54, 1.807) is 0 Å². The SMILES string of the molecule is CCCC(CN)N1CCCC(C)(OC)C1. The number of ether oxygens (including phenoxy) is 1. The average molecular weight is 214 g/mol. The molecule has 1 aliphatic heterocycles. The lowest BCUT2D eigenvalue weighted by Gasteiger charge is -2.43. The van der Waals surface area contributed by atoms with Crippen LogP contribution in [0.3, 0.4) is 0 Å². The molecule has 0 bridgehead atoms. The molecule has 0 radical (unpaired) electrons. The Balaban J connectivity index is 2.53. The van der Waals surface area contributed by atoms with Gasteiger partial charge in [-0.3, -0.25) is 4.90 Å². The predicted molar refractivity (Wildman–Crippen MR) is 64.0 cm³/mol. The first kappa shape index (κ1) is 12.9. The fourth-order valence-electron chi connectivity index (χ4n) is 2.50. The van der Waals surface area contributed by atoms with E-state index in [1.807, 2.05) is 7.11 Å². The maximum atomic E-state index is 5.84. The fraction of sp³-hybridized carbons (Fsp3) is 1.00. The average Bonchev–Trinajstić information content (AvgIpc) is 2.26. The van der Waals surface area contributed by atoms with Gasteiger partial charge < -0.3 is 10.5 Å². The molecule has 0 spiro atoms. The van der Waals surface area contributed by atoms with Crippen molar-refractivity contribution in [2.45, 2.75) is 51.2 Å². The first-order chi connectivity index (χ1) is 7.15.